The number of halogens is 1. The molecule has 1 saturated heterocycles. The molecule has 0 unspecified atom stereocenters. The van der Waals surface area contributed by atoms with Gasteiger partial charge in [-0.1, -0.05) is 41.6 Å². The fourth-order valence-electron chi connectivity index (χ4n) is 4.21. The smallest absolute Gasteiger partial charge is 0.266 e. The Bertz CT molecular complexity index is 1450. The molecule has 0 aliphatic carbocycles. The van der Waals surface area contributed by atoms with Gasteiger partial charge in [0.2, 0.25) is 0 Å². The van der Waals surface area contributed by atoms with Crippen LogP contribution in [-0.4, -0.2) is 40.6 Å². The fourth-order valence-corrected chi connectivity index (χ4v) is 5.51. The molecule has 0 atom stereocenters. The zero-order chi connectivity index (χ0) is 24.4. The maximum atomic E-state index is 13.7. The number of thioether (sulfide) groups is 1. The van der Waals surface area contributed by atoms with Crippen molar-refractivity contribution in [3.05, 3.63) is 93.2 Å². The summed E-state index contributed by atoms with van der Waals surface area (Å²) >= 11 is 7.79. The molecule has 1 aromatic heterocycles. The maximum Gasteiger partial charge on any atom is 0.266 e. The minimum absolute atomic E-state index is 0.0178. The van der Waals surface area contributed by atoms with Gasteiger partial charge in [0.15, 0.2) is 5.16 Å². The highest BCUT2D eigenvalue weighted by Crippen LogP contribution is 2.28. The summed E-state index contributed by atoms with van der Waals surface area (Å²) in [5, 5.41) is 1.65. The number of methoxy groups -OCH3 is 1. The second kappa shape index (κ2) is 10.1. The molecule has 0 bridgehead atoms. The number of benzene rings is 3. The lowest BCUT2D eigenvalue weighted by Gasteiger charge is -2.17. The summed E-state index contributed by atoms with van der Waals surface area (Å²) in [6.45, 7) is 1.53. The molecule has 0 N–H and O–H groups in total. The van der Waals surface area contributed by atoms with E-state index in [0.29, 0.717) is 43.8 Å². The lowest BCUT2D eigenvalue weighted by molar-refractivity contribution is 0.0793. The van der Waals surface area contributed by atoms with Gasteiger partial charge in [-0.3, -0.25) is 14.2 Å². The third kappa shape index (κ3) is 4.79. The van der Waals surface area contributed by atoms with Crippen LogP contribution in [0.25, 0.3) is 16.6 Å². The number of amides is 1. The summed E-state index contributed by atoms with van der Waals surface area (Å²) in [7, 11) is 1.60. The SMILES string of the molecule is COc1ccc(-n2c(SCc3ccccc3Cl)nc3cc(C(=O)N4CCCC4)ccc3c2=O)cc1. The van der Waals surface area contributed by atoms with Gasteiger partial charge in [0.25, 0.3) is 11.5 Å². The Labute approximate surface area is 212 Å². The van der Waals surface area contributed by atoms with Gasteiger partial charge in [0.05, 0.1) is 23.7 Å². The quantitative estimate of drug-likeness (QED) is 0.253. The minimum atomic E-state index is -0.193. The molecule has 1 aliphatic heterocycles. The average Bonchev–Trinajstić information content (AvgIpc) is 3.43. The van der Waals surface area contributed by atoms with Crippen molar-refractivity contribution in [1.82, 2.24) is 14.5 Å². The Hall–Kier alpha value is -3.29. The first kappa shape index (κ1) is 23.5. The molecule has 2 heterocycles. The fraction of sp³-hybridized carbons (Fsp3) is 0.222. The van der Waals surface area contributed by atoms with Gasteiger partial charge in [0.1, 0.15) is 5.75 Å². The number of rotatable bonds is 6. The summed E-state index contributed by atoms with van der Waals surface area (Å²) in [5.74, 6) is 1.22. The zero-order valence-electron chi connectivity index (χ0n) is 19.2. The van der Waals surface area contributed by atoms with Crippen LogP contribution in [0.4, 0.5) is 0 Å². The van der Waals surface area contributed by atoms with Gasteiger partial charge in [-0.25, -0.2) is 4.98 Å². The number of aromatic nitrogens is 2. The van der Waals surface area contributed by atoms with Crippen LogP contribution < -0.4 is 10.3 Å². The largest absolute Gasteiger partial charge is 0.497 e. The third-order valence-corrected chi connectivity index (χ3v) is 7.48. The van der Waals surface area contributed by atoms with Crippen LogP contribution in [0, 0.1) is 0 Å². The molecular weight excluding hydrogens is 482 g/mol. The molecule has 178 valence electrons. The van der Waals surface area contributed by atoms with Gasteiger partial charge >= 0.3 is 0 Å². The van der Waals surface area contributed by atoms with E-state index >= 15 is 0 Å². The predicted molar refractivity (Wildman–Crippen MR) is 140 cm³/mol. The van der Waals surface area contributed by atoms with Crippen LogP contribution >= 0.6 is 23.4 Å². The number of ether oxygens (including phenoxy) is 1. The van der Waals surface area contributed by atoms with E-state index in [1.54, 1.807) is 29.9 Å². The summed E-state index contributed by atoms with van der Waals surface area (Å²) in [4.78, 5) is 33.3. The predicted octanol–water partition coefficient (Wildman–Crippen LogP) is 5.58. The number of fused-ring (bicyclic) bond motifs is 1. The van der Waals surface area contributed by atoms with Gasteiger partial charge in [-0.05, 0) is 66.9 Å². The van der Waals surface area contributed by atoms with Gasteiger partial charge in [-0.15, -0.1) is 0 Å². The Morgan fingerprint density at radius 1 is 1.06 bits per heavy atom. The van der Waals surface area contributed by atoms with E-state index in [1.165, 1.54) is 11.8 Å². The zero-order valence-corrected chi connectivity index (χ0v) is 20.8. The van der Waals surface area contributed by atoms with Crippen LogP contribution in [0.1, 0.15) is 28.8 Å². The number of nitrogens with zero attached hydrogens (tertiary/aromatic N) is 3. The van der Waals surface area contributed by atoms with Crippen LogP contribution in [0.5, 0.6) is 5.75 Å². The maximum absolute atomic E-state index is 13.7. The third-order valence-electron chi connectivity index (χ3n) is 6.12. The molecule has 1 amide bonds. The van der Waals surface area contributed by atoms with Crippen molar-refractivity contribution in [2.24, 2.45) is 0 Å². The molecule has 5 rings (SSSR count). The standard InChI is InChI=1S/C27H24ClN3O3S/c1-34-21-11-9-20(10-12-21)31-26(33)22-13-8-18(25(32)30-14-4-5-15-30)16-24(22)29-27(31)35-17-19-6-2-3-7-23(19)28/h2-3,6-13,16H,4-5,14-15,17H2,1H3. The van der Waals surface area contributed by atoms with E-state index in [4.69, 9.17) is 21.3 Å². The van der Waals surface area contributed by atoms with E-state index in [1.807, 2.05) is 53.4 Å². The first-order valence-electron chi connectivity index (χ1n) is 11.4. The molecule has 3 aromatic carbocycles. The van der Waals surface area contributed by atoms with Crippen LogP contribution in [0.3, 0.4) is 0 Å². The van der Waals surface area contributed by atoms with Crippen molar-refractivity contribution >= 4 is 40.2 Å². The summed E-state index contributed by atoms with van der Waals surface area (Å²) in [5.41, 5.74) is 2.50. The Kier molecular flexibility index (Phi) is 6.79. The van der Waals surface area contributed by atoms with E-state index < -0.39 is 0 Å². The number of carbonyl (C=O) groups excluding carboxylic acids is 1. The Morgan fingerprint density at radius 2 is 1.80 bits per heavy atom. The molecule has 4 aromatic rings. The molecule has 8 heteroatoms. The highest BCUT2D eigenvalue weighted by atomic mass is 35.5. The highest BCUT2D eigenvalue weighted by molar-refractivity contribution is 7.98. The summed E-state index contributed by atoms with van der Waals surface area (Å²) < 4.78 is 6.88. The lowest BCUT2D eigenvalue weighted by atomic mass is 10.1. The van der Waals surface area contributed by atoms with Gasteiger partial charge in [-0.2, -0.15) is 0 Å². The normalized spacial score (nSPS) is 13.4. The average molecular weight is 506 g/mol. The highest BCUT2D eigenvalue weighted by Gasteiger charge is 2.21. The van der Waals surface area contributed by atoms with Crippen LogP contribution in [-0.2, 0) is 5.75 Å². The molecule has 0 saturated carbocycles. The second-order valence-electron chi connectivity index (χ2n) is 8.34. The first-order valence-corrected chi connectivity index (χ1v) is 12.8. The molecular formula is C27H24ClN3O3S. The number of hydrogen-bond acceptors (Lipinski definition) is 5. The number of likely N-dealkylation sites (tertiary alicyclic amines) is 1. The lowest BCUT2D eigenvalue weighted by Crippen LogP contribution is -2.28. The van der Waals surface area contributed by atoms with E-state index in [0.717, 1.165) is 31.5 Å². The molecule has 1 fully saturated rings. The van der Waals surface area contributed by atoms with E-state index in [2.05, 4.69) is 0 Å². The van der Waals surface area contributed by atoms with Crippen LogP contribution in [0.2, 0.25) is 5.02 Å². The van der Waals surface area contributed by atoms with E-state index in [-0.39, 0.29) is 11.5 Å². The van der Waals surface area contributed by atoms with Crippen molar-refractivity contribution in [2.45, 2.75) is 23.8 Å². The molecule has 0 radical (unpaired) electrons. The Balaban J connectivity index is 1.60. The van der Waals surface area contributed by atoms with E-state index in [9.17, 15) is 9.59 Å². The second-order valence-corrected chi connectivity index (χ2v) is 9.69. The summed E-state index contributed by atoms with van der Waals surface area (Å²) in [6, 6.07) is 20.1. The van der Waals surface area contributed by atoms with Gasteiger partial charge in [0, 0.05) is 29.4 Å². The number of carbonyl (C=O) groups is 1. The monoisotopic (exact) mass is 505 g/mol. The Morgan fingerprint density at radius 3 is 2.51 bits per heavy atom. The van der Waals surface area contributed by atoms with Crippen molar-refractivity contribution in [3.63, 3.8) is 0 Å². The molecule has 1 aliphatic rings. The minimum Gasteiger partial charge on any atom is -0.497 e. The van der Waals surface area contributed by atoms with Crippen LogP contribution in [0.15, 0.2) is 76.7 Å². The van der Waals surface area contributed by atoms with Crippen molar-refractivity contribution in [3.8, 4) is 11.4 Å². The molecule has 35 heavy (non-hydrogen) atoms. The first-order chi connectivity index (χ1) is 17.0. The molecule has 0 spiro atoms. The van der Waals surface area contributed by atoms with Crippen molar-refractivity contribution in [1.29, 1.82) is 0 Å². The number of hydrogen-bond donors (Lipinski definition) is 0. The van der Waals surface area contributed by atoms with Gasteiger partial charge < -0.3 is 9.64 Å². The molecule has 6 nitrogen and oxygen atoms in total. The summed E-state index contributed by atoms with van der Waals surface area (Å²) in [6.07, 6.45) is 2.04. The van der Waals surface area contributed by atoms with Crippen molar-refractivity contribution < 1.29 is 9.53 Å². The van der Waals surface area contributed by atoms with Crippen molar-refractivity contribution in [2.75, 3.05) is 20.2 Å². The topological polar surface area (TPSA) is 64.4 Å².